The fourth-order valence-electron chi connectivity index (χ4n) is 1.82. The number of nitrogens with zero attached hydrogens (tertiary/aromatic N) is 1. The zero-order chi connectivity index (χ0) is 11.5. The third-order valence-electron chi connectivity index (χ3n) is 3.06. The lowest BCUT2D eigenvalue weighted by Gasteiger charge is -2.21. The number of hydrogen-bond donors (Lipinski definition) is 2. The summed E-state index contributed by atoms with van der Waals surface area (Å²) in [5.74, 6) is 0.540. The molecule has 0 aromatic carbocycles. The van der Waals surface area contributed by atoms with Gasteiger partial charge in [0.15, 0.2) is 0 Å². The molecule has 88 valence electrons. The van der Waals surface area contributed by atoms with E-state index < -0.39 is 0 Å². The molecule has 2 rings (SSSR count). The maximum absolute atomic E-state index is 11.9. The minimum atomic E-state index is 0.0199. The molecule has 1 fully saturated rings. The molecule has 0 radical (unpaired) electrons. The van der Waals surface area contributed by atoms with Crippen LogP contribution < -0.4 is 10.6 Å². The monoisotopic (exact) mass is 223 g/mol. The molecular formula is C11H17N3O2. The summed E-state index contributed by atoms with van der Waals surface area (Å²) in [6.07, 6.45) is 1.98. The molecule has 0 unspecified atom stereocenters. The highest BCUT2D eigenvalue weighted by Crippen LogP contribution is 2.19. The molecule has 5 nitrogen and oxygen atoms in total. The average molecular weight is 223 g/mol. The topological polar surface area (TPSA) is 67.2 Å². The number of hydrogen-bond acceptors (Lipinski definition) is 4. The summed E-state index contributed by atoms with van der Waals surface area (Å²) in [5, 5.41) is 9.82. The third-order valence-corrected chi connectivity index (χ3v) is 3.06. The first-order chi connectivity index (χ1) is 7.68. The zero-order valence-corrected chi connectivity index (χ0v) is 9.67. The van der Waals surface area contributed by atoms with Crippen molar-refractivity contribution in [1.82, 2.24) is 10.5 Å². The van der Waals surface area contributed by atoms with E-state index in [1.54, 1.807) is 0 Å². The van der Waals surface area contributed by atoms with Gasteiger partial charge in [-0.15, -0.1) is 0 Å². The van der Waals surface area contributed by atoms with Crippen LogP contribution in [0.25, 0.3) is 0 Å². The van der Waals surface area contributed by atoms with Crippen LogP contribution in [-0.2, 0) is 4.79 Å². The molecule has 2 N–H and O–H groups in total. The molecular weight excluding hydrogens is 206 g/mol. The fourth-order valence-corrected chi connectivity index (χ4v) is 1.82. The van der Waals surface area contributed by atoms with Gasteiger partial charge in [0.05, 0.1) is 11.6 Å². The summed E-state index contributed by atoms with van der Waals surface area (Å²) in [7, 11) is 0. The number of piperidine rings is 1. The van der Waals surface area contributed by atoms with Crippen LogP contribution in [0, 0.1) is 19.8 Å². The first-order valence-corrected chi connectivity index (χ1v) is 5.63. The lowest BCUT2D eigenvalue weighted by Crippen LogP contribution is -2.37. The van der Waals surface area contributed by atoms with Crippen molar-refractivity contribution in [2.24, 2.45) is 5.92 Å². The summed E-state index contributed by atoms with van der Waals surface area (Å²) >= 11 is 0. The highest BCUT2D eigenvalue weighted by molar-refractivity contribution is 5.92. The van der Waals surface area contributed by atoms with E-state index in [0.29, 0.717) is 5.88 Å². The Morgan fingerprint density at radius 3 is 2.94 bits per heavy atom. The molecule has 2 heterocycles. The van der Waals surface area contributed by atoms with Gasteiger partial charge in [-0.3, -0.25) is 10.1 Å². The van der Waals surface area contributed by atoms with Crippen molar-refractivity contribution in [3.8, 4) is 0 Å². The largest absolute Gasteiger partial charge is 0.338 e. The van der Waals surface area contributed by atoms with Gasteiger partial charge in [0, 0.05) is 12.1 Å². The van der Waals surface area contributed by atoms with Crippen LogP contribution in [-0.4, -0.2) is 24.2 Å². The van der Waals surface area contributed by atoms with Gasteiger partial charge in [-0.1, -0.05) is 5.16 Å². The van der Waals surface area contributed by atoms with E-state index in [-0.39, 0.29) is 11.8 Å². The number of rotatable bonds is 2. The maximum Gasteiger partial charge on any atom is 0.234 e. The molecule has 1 aliphatic rings. The maximum atomic E-state index is 11.9. The Bertz CT molecular complexity index is 381. The first-order valence-electron chi connectivity index (χ1n) is 5.63. The van der Waals surface area contributed by atoms with Crippen molar-refractivity contribution >= 4 is 11.8 Å². The van der Waals surface area contributed by atoms with Gasteiger partial charge in [-0.25, -0.2) is 0 Å². The summed E-state index contributed by atoms with van der Waals surface area (Å²) < 4.78 is 5.05. The molecule has 1 aromatic heterocycles. The van der Waals surface area contributed by atoms with Gasteiger partial charge in [-0.2, -0.15) is 0 Å². The Morgan fingerprint density at radius 1 is 1.56 bits per heavy atom. The summed E-state index contributed by atoms with van der Waals surface area (Å²) in [6.45, 7) is 5.50. The lowest BCUT2D eigenvalue weighted by atomic mass is 9.99. The van der Waals surface area contributed by atoms with Gasteiger partial charge in [0.25, 0.3) is 0 Å². The van der Waals surface area contributed by atoms with Crippen LogP contribution in [0.2, 0.25) is 0 Å². The first kappa shape index (κ1) is 11.1. The lowest BCUT2D eigenvalue weighted by molar-refractivity contribution is -0.120. The number of aryl methyl sites for hydroxylation is 1. The standard InChI is InChI=1S/C11H17N3O2/c1-7-8(2)14-16-11(7)13-10(15)9-4-3-5-12-6-9/h9,12H,3-6H2,1-2H3,(H,13,15)/t9-/m1/s1. The minimum Gasteiger partial charge on any atom is -0.338 e. The second-order valence-corrected chi connectivity index (χ2v) is 4.25. The average Bonchev–Trinajstić information content (AvgIpc) is 2.62. The Balaban J connectivity index is 1.98. The minimum absolute atomic E-state index is 0.0199. The SMILES string of the molecule is Cc1noc(NC(=O)[C@@H]2CCCNC2)c1C. The molecule has 1 aromatic rings. The van der Waals surface area contributed by atoms with Crippen LogP contribution in [0.5, 0.6) is 0 Å². The number of nitrogens with one attached hydrogen (secondary N) is 2. The summed E-state index contributed by atoms with van der Waals surface area (Å²) in [4.78, 5) is 11.9. The van der Waals surface area contributed by atoms with Gasteiger partial charge in [-0.05, 0) is 33.2 Å². The van der Waals surface area contributed by atoms with E-state index in [1.165, 1.54) is 0 Å². The quantitative estimate of drug-likeness (QED) is 0.791. The van der Waals surface area contributed by atoms with E-state index >= 15 is 0 Å². The van der Waals surface area contributed by atoms with Crippen LogP contribution in [0.1, 0.15) is 24.1 Å². The second kappa shape index (κ2) is 4.65. The van der Waals surface area contributed by atoms with E-state index in [2.05, 4.69) is 15.8 Å². The summed E-state index contributed by atoms with van der Waals surface area (Å²) in [5.41, 5.74) is 1.72. The second-order valence-electron chi connectivity index (χ2n) is 4.25. The highest BCUT2D eigenvalue weighted by atomic mass is 16.5. The Kier molecular flexibility index (Phi) is 3.24. The van der Waals surface area contributed by atoms with E-state index in [9.17, 15) is 4.79 Å². The smallest absolute Gasteiger partial charge is 0.234 e. The third kappa shape index (κ3) is 2.24. The van der Waals surface area contributed by atoms with Gasteiger partial charge < -0.3 is 9.84 Å². The van der Waals surface area contributed by atoms with Gasteiger partial charge in [0.2, 0.25) is 11.8 Å². The molecule has 0 bridgehead atoms. The molecule has 1 amide bonds. The normalized spacial score (nSPS) is 20.8. The van der Waals surface area contributed by atoms with E-state index in [1.807, 2.05) is 13.8 Å². The highest BCUT2D eigenvalue weighted by Gasteiger charge is 2.22. The predicted octanol–water partition coefficient (Wildman–Crippen LogP) is 1.23. The molecule has 1 aliphatic heterocycles. The van der Waals surface area contributed by atoms with Gasteiger partial charge >= 0.3 is 0 Å². The molecule has 0 spiro atoms. The molecule has 1 saturated heterocycles. The number of carbonyl (C=O) groups excluding carboxylic acids is 1. The number of aromatic nitrogens is 1. The Morgan fingerprint density at radius 2 is 2.38 bits per heavy atom. The number of carbonyl (C=O) groups is 1. The number of anilines is 1. The predicted molar refractivity (Wildman–Crippen MR) is 60.2 cm³/mol. The van der Waals surface area contributed by atoms with E-state index in [4.69, 9.17) is 4.52 Å². The molecule has 16 heavy (non-hydrogen) atoms. The fraction of sp³-hybridized carbons (Fsp3) is 0.636. The zero-order valence-electron chi connectivity index (χ0n) is 9.67. The van der Waals surface area contributed by atoms with Crippen molar-refractivity contribution in [2.75, 3.05) is 18.4 Å². The van der Waals surface area contributed by atoms with Crippen LogP contribution in [0.3, 0.4) is 0 Å². The summed E-state index contributed by atoms with van der Waals surface area (Å²) in [6, 6.07) is 0. The van der Waals surface area contributed by atoms with Crippen molar-refractivity contribution in [3.05, 3.63) is 11.3 Å². The molecule has 0 aliphatic carbocycles. The molecule has 0 saturated carbocycles. The van der Waals surface area contributed by atoms with Gasteiger partial charge in [0.1, 0.15) is 0 Å². The van der Waals surface area contributed by atoms with Crippen LogP contribution in [0.4, 0.5) is 5.88 Å². The van der Waals surface area contributed by atoms with Crippen molar-refractivity contribution in [3.63, 3.8) is 0 Å². The molecule has 1 atom stereocenters. The van der Waals surface area contributed by atoms with Crippen molar-refractivity contribution in [1.29, 1.82) is 0 Å². The van der Waals surface area contributed by atoms with Crippen LogP contribution in [0.15, 0.2) is 4.52 Å². The Labute approximate surface area is 94.6 Å². The van der Waals surface area contributed by atoms with Crippen LogP contribution >= 0.6 is 0 Å². The number of amides is 1. The van der Waals surface area contributed by atoms with Crippen molar-refractivity contribution in [2.45, 2.75) is 26.7 Å². The molecule has 5 heteroatoms. The van der Waals surface area contributed by atoms with Crippen molar-refractivity contribution < 1.29 is 9.32 Å². The Hall–Kier alpha value is -1.36. The van der Waals surface area contributed by atoms with E-state index in [0.717, 1.165) is 37.2 Å².